The number of ether oxygens (including phenoxy) is 2. The van der Waals surface area contributed by atoms with Gasteiger partial charge in [0.25, 0.3) is 5.91 Å². The van der Waals surface area contributed by atoms with Crippen molar-refractivity contribution in [1.29, 1.82) is 0 Å². The Balaban J connectivity index is 1.85. The van der Waals surface area contributed by atoms with E-state index in [-0.39, 0.29) is 35.6 Å². The second-order valence-electron chi connectivity index (χ2n) is 7.52. The number of carboxylic acids is 1. The maximum absolute atomic E-state index is 13.3. The Kier molecular flexibility index (Phi) is 7.49. The summed E-state index contributed by atoms with van der Waals surface area (Å²) in [6, 6.07) is 22.1. The summed E-state index contributed by atoms with van der Waals surface area (Å²) in [4.78, 5) is 26.6. The van der Waals surface area contributed by atoms with Crippen molar-refractivity contribution in [3.8, 4) is 11.5 Å². The minimum atomic E-state index is -1.15. The van der Waals surface area contributed by atoms with Gasteiger partial charge < -0.3 is 19.5 Å². The van der Waals surface area contributed by atoms with Crippen LogP contribution in [0.1, 0.15) is 40.0 Å². The highest BCUT2D eigenvalue weighted by atomic mass is 16.5. The van der Waals surface area contributed by atoms with Gasteiger partial charge in [0, 0.05) is 6.54 Å². The van der Waals surface area contributed by atoms with Gasteiger partial charge >= 0.3 is 5.97 Å². The van der Waals surface area contributed by atoms with Crippen LogP contribution < -0.4 is 9.47 Å². The van der Waals surface area contributed by atoms with E-state index in [1.165, 1.54) is 13.2 Å². The van der Waals surface area contributed by atoms with Crippen LogP contribution in [-0.4, -0.2) is 35.6 Å². The van der Waals surface area contributed by atoms with E-state index in [1.54, 1.807) is 17.0 Å². The lowest BCUT2D eigenvalue weighted by atomic mass is 10.1. The lowest BCUT2D eigenvalue weighted by molar-refractivity contribution is -0.136. The van der Waals surface area contributed by atoms with Crippen molar-refractivity contribution in [2.45, 2.75) is 26.4 Å². The molecule has 0 unspecified atom stereocenters. The Morgan fingerprint density at radius 2 is 1.66 bits per heavy atom. The van der Waals surface area contributed by atoms with Crippen molar-refractivity contribution in [2.24, 2.45) is 0 Å². The standard InChI is InChI=1S/C26H27NO5/c1-18-12-14-20(15-13-18)16-27(19(2)21-8-5-4-6-9-21)24(28)17-32-25-22(26(29)30)10-7-11-23(25)31-3/h4-15,19H,16-17H2,1-3H3,(H,29,30)/t19-/m1/s1. The highest BCUT2D eigenvalue weighted by Crippen LogP contribution is 2.31. The van der Waals surface area contributed by atoms with E-state index >= 15 is 0 Å². The third-order valence-electron chi connectivity index (χ3n) is 5.31. The number of nitrogens with zero attached hydrogens (tertiary/aromatic N) is 1. The number of hydrogen-bond acceptors (Lipinski definition) is 4. The maximum atomic E-state index is 13.3. The monoisotopic (exact) mass is 433 g/mol. The van der Waals surface area contributed by atoms with E-state index in [0.717, 1.165) is 16.7 Å². The molecule has 1 N–H and O–H groups in total. The van der Waals surface area contributed by atoms with Crippen LogP contribution in [0.4, 0.5) is 0 Å². The van der Waals surface area contributed by atoms with Crippen LogP contribution >= 0.6 is 0 Å². The molecule has 0 aliphatic heterocycles. The molecule has 1 amide bonds. The number of carbonyl (C=O) groups excluding carboxylic acids is 1. The molecule has 0 spiro atoms. The number of carboxylic acid groups (broad SMARTS) is 1. The zero-order valence-electron chi connectivity index (χ0n) is 18.4. The summed E-state index contributed by atoms with van der Waals surface area (Å²) in [5.74, 6) is -1.11. The molecular weight excluding hydrogens is 406 g/mol. The summed E-state index contributed by atoms with van der Waals surface area (Å²) < 4.78 is 10.9. The van der Waals surface area contributed by atoms with E-state index in [4.69, 9.17) is 9.47 Å². The molecule has 166 valence electrons. The fourth-order valence-electron chi connectivity index (χ4n) is 3.45. The van der Waals surface area contributed by atoms with E-state index in [2.05, 4.69) is 0 Å². The second kappa shape index (κ2) is 10.5. The minimum absolute atomic E-state index is 0.0403. The van der Waals surface area contributed by atoms with Crippen molar-refractivity contribution in [2.75, 3.05) is 13.7 Å². The van der Waals surface area contributed by atoms with Crippen LogP contribution in [0, 0.1) is 6.92 Å². The number of aryl methyl sites for hydroxylation is 1. The summed E-state index contributed by atoms with van der Waals surface area (Å²) in [7, 11) is 1.43. The first kappa shape index (κ1) is 22.9. The van der Waals surface area contributed by atoms with Crippen LogP contribution in [0.2, 0.25) is 0 Å². The molecule has 1 atom stereocenters. The van der Waals surface area contributed by atoms with Gasteiger partial charge in [0.05, 0.1) is 13.2 Å². The fourth-order valence-corrected chi connectivity index (χ4v) is 3.45. The molecule has 3 aromatic rings. The number of methoxy groups -OCH3 is 1. The molecular formula is C26H27NO5. The highest BCUT2D eigenvalue weighted by molar-refractivity contribution is 5.92. The first-order chi connectivity index (χ1) is 15.4. The number of hydrogen-bond donors (Lipinski definition) is 1. The zero-order valence-corrected chi connectivity index (χ0v) is 18.4. The molecule has 0 fully saturated rings. The fraction of sp³-hybridized carbons (Fsp3) is 0.231. The number of rotatable bonds is 9. The quantitative estimate of drug-likeness (QED) is 0.521. The van der Waals surface area contributed by atoms with Crippen LogP contribution in [0.3, 0.4) is 0 Å². The van der Waals surface area contributed by atoms with E-state index in [9.17, 15) is 14.7 Å². The van der Waals surface area contributed by atoms with Gasteiger partial charge in [0.1, 0.15) is 5.56 Å². The van der Waals surface area contributed by atoms with E-state index in [1.807, 2.05) is 68.4 Å². The van der Waals surface area contributed by atoms with Gasteiger partial charge in [-0.25, -0.2) is 4.79 Å². The summed E-state index contributed by atoms with van der Waals surface area (Å²) in [5.41, 5.74) is 3.08. The van der Waals surface area contributed by atoms with Crippen molar-refractivity contribution >= 4 is 11.9 Å². The van der Waals surface area contributed by atoms with E-state index < -0.39 is 5.97 Å². The van der Waals surface area contributed by atoms with Gasteiger partial charge in [-0.3, -0.25) is 4.79 Å². The van der Waals surface area contributed by atoms with Crippen molar-refractivity contribution in [3.05, 3.63) is 95.1 Å². The predicted octanol–water partition coefficient (Wildman–Crippen LogP) is 4.87. The smallest absolute Gasteiger partial charge is 0.339 e. The molecule has 0 aromatic heterocycles. The number of amides is 1. The molecule has 3 rings (SSSR count). The minimum Gasteiger partial charge on any atom is -0.493 e. The topological polar surface area (TPSA) is 76.1 Å². The maximum Gasteiger partial charge on any atom is 0.339 e. The average Bonchev–Trinajstić information content (AvgIpc) is 2.81. The van der Waals surface area contributed by atoms with Crippen molar-refractivity contribution < 1.29 is 24.2 Å². The molecule has 32 heavy (non-hydrogen) atoms. The van der Waals surface area contributed by atoms with Gasteiger partial charge in [-0.05, 0) is 37.1 Å². The molecule has 0 radical (unpaired) electrons. The zero-order chi connectivity index (χ0) is 23.1. The average molecular weight is 434 g/mol. The van der Waals surface area contributed by atoms with Crippen LogP contribution in [0.25, 0.3) is 0 Å². The normalized spacial score (nSPS) is 11.5. The van der Waals surface area contributed by atoms with Gasteiger partial charge in [0.2, 0.25) is 0 Å². The molecule has 0 saturated heterocycles. The first-order valence-corrected chi connectivity index (χ1v) is 10.3. The van der Waals surface area contributed by atoms with Crippen LogP contribution in [0.5, 0.6) is 11.5 Å². The Hall–Kier alpha value is -3.80. The molecule has 0 aliphatic rings. The number of carbonyl (C=O) groups is 2. The largest absolute Gasteiger partial charge is 0.493 e. The molecule has 3 aromatic carbocycles. The van der Waals surface area contributed by atoms with Gasteiger partial charge in [-0.1, -0.05) is 66.2 Å². The SMILES string of the molecule is COc1cccc(C(=O)O)c1OCC(=O)N(Cc1ccc(C)cc1)[C@H](C)c1ccccc1. The van der Waals surface area contributed by atoms with Crippen LogP contribution in [0.15, 0.2) is 72.8 Å². The van der Waals surface area contributed by atoms with Crippen LogP contribution in [-0.2, 0) is 11.3 Å². The Labute approximate surface area is 188 Å². The lowest BCUT2D eigenvalue weighted by Crippen LogP contribution is -2.36. The lowest BCUT2D eigenvalue weighted by Gasteiger charge is -2.30. The Bertz CT molecular complexity index is 1060. The first-order valence-electron chi connectivity index (χ1n) is 10.3. The van der Waals surface area contributed by atoms with Gasteiger partial charge in [0.15, 0.2) is 18.1 Å². The van der Waals surface area contributed by atoms with Crippen molar-refractivity contribution in [1.82, 2.24) is 4.90 Å². The predicted molar refractivity (Wildman–Crippen MR) is 122 cm³/mol. The number of aromatic carboxylic acids is 1. The number of benzene rings is 3. The summed E-state index contributed by atoms with van der Waals surface area (Å²) >= 11 is 0. The Morgan fingerprint density at radius 1 is 0.969 bits per heavy atom. The second-order valence-corrected chi connectivity index (χ2v) is 7.52. The molecule has 0 bridgehead atoms. The molecule has 0 saturated carbocycles. The molecule has 0 heterocycles. The summed E-state index contributed by atoms with van der Waals surface area (Å²) in [6.45, 7) is 4.06. The highest BCUT2D eigenvalue weighted by Gasteiger charge is 2.24. The van der Waals surface area contributed by atoms with E-state index in [0.29, 0.717) is 6.54 Å². The Morgan fingerprint density at radius 3 is 2.28 bits per heavy atom. The summed E-state index contributed by atoms with van der Waals surface area (Å²) in [5, 5.41) is 9.48. The summed E-state index contributed by atoms with van der Waals surface area (Å²) in [6.07, 6.45) is 0. The molecule has 6 nitrogen and oxygen atoms in total. The van der Waals surface area contributed by atoms with Crippen molar-refractivity contribution in [3.63, 3.8) is 0 Å². The van der Waals surface area contributed by atoms with Gasteiger partial charge in [-0.15, -0.1) is 0 Å². The van der Waals surface area contributed by atoms with Gasteiger partial charge in [-0.2, -0.15) is 0 Å². The number of para-hydroxylation sites is 1. The third kappa shape index (κ3) is 5.46. The molecule has 6 heteroatoms. The third-order valence-corrected chi connectivity index (χ3v) is 5.31. The molecule has 0 aliphatic carbocycles.